The third-order valence-corrected chi connectivity index (χ3v) is 3.72. The quantitative estimate of drug-likeness (QED) is 0.754. The number of nitrogens with two attached hydrogens (primary N) is 1. The second kappa shape index (κ2) is 5.29. The molecule has 1 aromatic heterocycles. The van der Waals surface area contributed by atoms with Crippen molar-refractivity contribution >= 4 is 21.7 Å². The predicted molar refractivity (Wildman–Crippen MR) is 81.0 cm³/mol. The number of hydrogen-bond donors (Lipinski definition) is 1. The number of rotatable bonds is 2. The van der Waals surface area contributed by atoms with Gasteiger partial charge >= 0.3 is 0 Å². The summed E-state index contributed by atoms with van der Waals surface area (Å²) in [5.41, 5.74) is 7.44. The maximum atomic E-state index is 13.8. The largest absolute Gasteiger partial charge is 0.384 e. The molecule has 3 rings (SSSR count). The Bertz CT molecular complexity index is 814. The molecule has 0 fully saturated rings. The zero-order valence-electron chi connectivity index (χ0n) is 10.7. The van der Waals surface area contributed by atoms with Gasteiger partial charge in [0.2, 0.25) is 0 Å². The summed E-state index contributed by atoms with van der Waals surface area (Å²) in [7, 11) is 0. The molecule has 3 aromatic rings. The molecule has 0 aliphatic rings. The van der Waals surface area contributed by atoms with E-state index in [1.165, 1.54) is 10.7 Å². The van der Waals surface area contributed by atoms with Gasteiger partial charge in [0.05, 0.1) is 5.69 Å². The third kappa shape index (κ3) is 2.54. The molecule has 0 radical (unpaired) electrons. The van der Waals surface area contributed by atoms with Gasteiger partial charge in [-0.3, -0.25) is 0 Å². The van der Waals surface area contributed by atoms with Gasteiger partial charge in [-0.2, -0.15) is 5.10 Å². The minimum absolute atomic E-state index is 0.104. The highest BCUT2D eigenvalue weighted by Gasteiger charge is 2.14. The summed E-state index contributed by atoms with van der Waals surface area (Å²) in [6, 6.07) is 12.4. The Morgan fingerprint density at radius 3 is 2.52 bits per heavy atom. The lowest BCUT2D eigenvalue weighted by Gasteiger charge is -2.05. The van der Waals surface area contributed by atoms with Gasteiger partial charge in [-0.25, -0.2) is 13.5 Å². The van der Waals surface area contributed by atoms with E-state index in [0.717, 1.165) is 22.2 Å². The number of halogens is 3. The molecule has 0 bridgehead atoms. The summed E-state index contributed by atoms with van der Waals surface area (Å²) >= 11 is 3.43. The molecule has 0 unspecified atom stereocenters. The average molecular weight is 350 g/mol. The van der Waals surface area contributed by atoms with Gasteiger partial charge in [0.15, 0.2) is 5.82 Å². The molecule has 0 atom stereocenters. The van der Waals surface area contributed by atoms with Gasteiger partial charge < -0.3 is 5.73 Å². The van der Waals surface area contributed by atoms with E-state index in [1.54, 1.807) is 6.07 Å². The molecule has 0 amide bonds. The molecule has 2 N–H and O–H groups in total. The molecule has 3 nitrogen and oxygen atoms in total. The van der Waals surface area contributed by atoms with E-state index < -0.39 is 11.6 Å². The van der Waals surface area contributed by atoms with Crippen molar-refractivity contribution < 1.29 is 8.78 Å². The maximum Gasteiger partial charge on any atom is 0.151 e. The molecular weight excluding hydrogens is 340 g/mol. The highest BCUT2D eigenvalue weighted by atomic mass is 79.9. The molecule has 0 aliphatic heterocycles. The van der Waals surface area contributed by atoms with E-state index in [4.69, 9.17) is 5.73 Å². The SMILES string of the molecule is Nc1cc(-c2ccccc2Br)nn1-c1ccc(F)cc1F. The first-order valence-electron chi connectivity index (χ1n) is 6.12. The standard InChI is InChI=1S/C15H10BrF2N3/c16-11-4-2-1-3-10(11)13-8-15(19)21(20-13)14-6-5-9(17)7-12(14)18/h1-8H,19H2. The topological polar surface area (TPSA) is 43.8 Å². The second-order valence-corrected chi connectivity index (χ2v) is 5.30. The van der Waals surface area contributed by atoms with E-state index in [9.17, 15) is 8.78 Å². The van der Waals surface area contributed by atoms with Crippen LogP contribution in [0.1, 0.15) is 0 Å². The number of anilines is 1. The molecule has 0 saturated carbocycles. The molecule has 6 heteroatoms. The Balaban J connectivity index is 2.12. The normalized spacial score (nSPS) is 10.8. The highest BCUT2D eigenvalue weighted by molar-refractivity contribution is 9.10. The summed E-state index contributed by atoms with van der Waals surface area (Å²) in [6.07, 6.45) is 0. The first-order valence-corrected chi connectivity index (χ1v) is 6.91. The van der Waals surface area contributed by atoms with Crippen molar-refractivity contribution in [2.24, 2.45) is 0 Å². The van der Waals surface area contributed by atoms with E-state index in [1.807, 2.05) is 24.3 Å². The molecular formula is C15H10BrF2N3. The van der Waals surface area contributed by atoms with E-state index >= 15 is 0 Å². The lowest BCUT2D eigenvalue weighted by molar-refractivity contribution is 0.574. The van der Waals surface area contributed by atoms with E-state index in [-0.39, 0.29) is 11.5 Å². The number of aromatic nitrogens is 2. The van der Waals surface area contributed by atoms with Crippen LogP contribution in [-0.2, 0) is 0 Å². The first-order chi connectivity index (χ1) is 10.1. The number of nitrogen functional groups attached to an aromatic ring is 1. The van der Waals surface area contributed by atoms with Crippen LogP contribution in [0.15, 0.2) is 53.0 Å². The van der Waals surface area contributed by atoms with Crippen molar-refractivity contribution in [2.75, 3.05) is 5.73 Å². The van der Waals surface area contributed by atoms with Crippen molar-refractivity contribution in [3.05, 3.63) is 64.6 Å². The summed E-state index contributed by atoms with van der Waals surface area (Å²) < 4.78 is 28.9. The maximum absolute atomic E-state index is 13.8. The van der Waals surface area contributed by atoms with Crippen molar-refractivity contribution in [1.29, 1.82) is 0 Å². The van der Waals surface area contributed by atoms with Crippen LogP contribution < -0.4 is 5.73 Å². The van der Waals surface area contributed by atoms with Crippen molar-refractivity contribution in [3.63, 3.8) is 0 Å². The van der Waals surface area contributed by atoms with Gasteiger partial charge in [-0.15, -0.1) is 0 Å². The Labute approximate surface area is 128 Å². The number of benzene rings is 2. The van der Waals surface area contributed by atoms with Gasteiger partial charge in [0.1, 0.15) is 17.3 Å². The van der Waals surface area contributed by atoms with Crippen LogP contribution in [0.4, 0.5) is 14.6 Å². The summed E-state index contributed by atoms with van der Waals surface area (Å²) in [5.74, 6) is -1.09. The number of nitrogens with zero attached hydrogens (tertiary/aromatic N) is 2. The smallest absolute Gasteiger partial charge is 0.151 e. The summed E-state index contributed by atoms with van der Waals surface area (Å²) in [6.45, 7) is 0. The Kier molecular flexibility index (Phi) is 3.47. The molecule has 0 spiro atoms. The molecule has 0 aliphatic carbocycles. The van der Waals surface area contributed by atoms with Crippen LogP contribution in [0, 0.1) is 11.6 Å². The zero-order valence-corrected chi connectivity index (χ0v) is 12.3. The minimum atomic E-state index is -0.719. The summed E-state index contributed by atoms with van der Waals surface area (Å²) in [4.78, 5) is 0. The number of hydrogen-bond acceptors (Lipinski definition) is 2. The van der Waals surface area contributed by atoms with Crippen LogP contribution in [0.2, 0.25) is 0 Å². The van der Waals surface area contributed by atoms with Gasteiger partial charge in [-0.05, 0) is 18.2 Å². The lowest BCUT2D eigenvalue weighted by Crippen LogP contribution is -2.04. The van der Waals surface area contributed by atoms with Crippen LogP contribution >= 0.6 is 15.9 Å². The first kappa shape index (κ1) is 13.8. The van der Waals surface area contributed by atoms with Gasteiger partial charge in [-0.1, -0.05) is 34.1 Å². The van der Waals surface area contributed by atoms with Crippen molar-refractivity contribution in [2.45, 2.75) is 0 Å². The molecule has 106 valence electrons. The fourth-order valence-electron chi connectivity index (χ4n) is 2.04. The van der Waals surface area contributed by atoms with E-state index in [2.05, 4.69) is 21.0 Å². The molecule has 1 heterocycles. The van der Waals surface area contributed by atoms with Crippen LogP contribution in [0.25, 0.3) is 16.9 Å². The monoisotopic (exact) mass is 349 g/mol. The van der Waals surface area contributed by atoms with Gasteiger partial charge in [0.25, 0.3) is 0 Å². The highest BCUT2D eigenvalue weighted by Crippen LogP contribution is 2.29. The Morgan fingerprint density at radius 2 is 1.81 bits per heavy atom. The van der Waals surface area contributed by atoms with Crippen LogP contribution in [0.5, 0.6) is 0 Å². The lowest BCUT2D eigenvalue weighted by atomic mass is 10.1. The van der Waals surface area contributed by atoms with Crippen LogP contribution in [0.3, 0.4) is 0 Å². The van der Waals surface area contributed by atoms with Crippen molar-refractivity contribution in [1.82, 2.24) is 9.78 Å². The second-order valence-electron chi connectivity index (χ2n) is 4.44. The predicted octanol–water partition coefficient (Wildman–Crippen LogP) is 4.16. The fraction of sp³-hybridized carbons (Fsp3) is 0. The minimum Gasteiger partial charge on any atom is -0.384 e. The fourth-order valence-corrected chi connectivity index (χ4v) is 2.53. The molecule has 2 aromatic carbocycles. The van der Waals surface area contributed by atoms with Crippen molar-refractivity contribution in [3.8, 4) is 16.9 Å². The Hall–Kier alpha value is -2.21. The zero-order chi connectivity index (χ0) is 15.0. The van der Waals surface area contributed by atoms with Crippen LogP contribution in [-0.4, -0.2) is 9.78 Å². The molecule has 0 saturated heterocycles. The van der Waals surface area contributed by atoms with Gasteiger partial charge in [0, 0.05) is 22.2 Å². The Morgan fingerprint density at radius 1 is 1.05 bits per heavy atom. The van der Waals surface area contributed by atoms with E-state index in [0.29, 0.717) is 5.69 Å². The molecule has 21 heavy (non-hydrogen) atoms. The average Bonchev–Trinajstić information content (AvgIpc) is 2.81. The summed E-state index contributed by atoms with van der Waals surface area (Å²) in [5, 5.41) is 4.30. The third-order valence-electron chi connectivity index (χ3n) is 3.02.